The molecule has 1 saturated heterocycles. The lowest BCUT2D eigenvalue weighted by atomic mass is 10.0. The molecule has 0 unspecified atom stereocenters. The molecule has 0 N–H and O–H groups in total. The lowest BCUT2D eigenvalue weighted by molar-refractivity contribution is 0.0520. The summed E-state index contributed by atoms with van der Waals surface area (Å²) < 4.78 is 6.36. The first-order valence-electron chi connectivity index (χ1n) is 10.8. The number of rotatable bonds is 4. The smallest absolute Gasteiger partial charge is 0.289 e. The Hall–Kier alpha value is -3.38. The number of fused-ring (bicyclic) bond motifs is 1. The summed E-state index contributed by atoms with van der Waals surface area (Å²) in [6, 6.07) is 20.1. The van der Waals surface area contributed by atoms with Crippen LogP contribution in [0.4, 0.5) is 0 Å². The van der Waals surface area contributed by atoms with Gasteiger partial charge in [0.15, 0.2) is 5.76 Å². The Kier molecular flexibility index (Phi) is 5.53. The van der Waals surface area contributed by atoms with E-state index in [1.54, 1.807) is 28.4 Å². The number of amides is 2. The molecule has 1 fully saturated rings. The van der Waals surface area contributed by atoms with Gasteiger partial charge < -0.3 is 14.2 Å². The summed E-state index contributed by atoms with van der Waals surface area (Å²) in [5, 5.41) is 1.15. The van der Waals surface area contributed by atoms with E-state index in [1.165, 1.54) is 17.4 Å². The fourth-order valence-corrected chi connectivity index (χ4v) is 5.36. The minimum Gasteiger partial charge on any atom is -0.459 e. The summed E-state index contributed by atoms with van der Waals surface area (Å²) >= 11 is 1.57. The molecule has 0 bridgehead atoms. The van der Waals surface area contributed by atoms with E-state index in [0.717, 1.165) is 26.9 Å². The molecular weight excluding hydrogens is 420 g/mol. The maximum absolute atomic E-state index is 13.6. The van der Waals surface area contributed by atoms with Gasteiger partial charge in [0.1, 0.15) is 0 Å². The highest BCUT2D eigenvalue weighted by Crippen LogP contribution is 2.34. The lowest BCUT2D eigenvalue weighted by Gasteiger charge is -2.34. The Balaban J connectivity index is 1.38. The fourth-order valence-electron chi connectivity index (χ4n) is 4.17. The van der Waals surface area contributed by atoms with E-state index in [0.29, 0.717) is 31.9 Å². The number of hydrogen-bond donors (Lipinski definition) is 0. The molecule has 162 valence electrons. The third kappa shape index (κ3) is 3.94. The van der Waals surface area contributed by atoms with Crippen LogP contribution >= 0.6 is 11.3 Å². The van der Waals surface area contributed by atoms with Crippen LogP contribution < -0.4 is 0 Å². The molecule has 4 aromatic rings. The number of carbonyl (C=O) groups is 2. The Bertz CT molecular complexity index is 1250. The van der Waals surface area contributed by atoms with E-state index in [1.807, 2.05) is 17.0 Å². The van der Waals surface area contributed by atoms with E-state index < -0.39 is 0 Å². The maximum Gasteiger partial charge on any atom is 0.289 e. The van der Waals surface area contributed by atoms with Crippen LogP contribution in [-0.2, 0) is 6.42 Å². The van der Waals surface area contributed by atoms with E-state index in [4.69, 9.17) is 4.42 Å². The molecule has 5 rings (SSSR count). The lowest BCUT2D eigenvalue weighted by Crippen LogP contribution is -2.50. The van der Waals surface area contributed by atoms with Crippen molar-refractivity contribution in [3.8, 4) is 0 Å². The Morgan fingerprint density at radius 1 is 0.875 bits per heavy atom. The second-order valence-corrected chi connectivity index (χ2v) is 9.18. The molecule has 32 heavy (non-hydrogen) atoms. The molecule has 0 atom stereocenters. The Morgan fingerprint density at radius 2 is 1.56 bits per heavy atom. The quantitative estimate of drug-likeness (QED) is 0.446. The normalized spacial score (nSPS) is 14.2. The number of piperazine rings is 1. The summed E-state index contributed by atoms with van der Waals surface area (Å²) in [4.78, 5) is 30.5. The molecular formula is C26H24N2O3S. The topological polar surface area (TPSA) is 53.8 Å². The van der Waals surface area contributed by atoms with Crippen molar-refractivity contribution in [1.82, 2.24) is 9.80 Å². The zero-order valence-corrected chi connectivity index (χ0v) is 18.7. The first kappa shape index (κ1) is 20.5. The predicted octanol–water partition coefficient (Wildman–Crippen LogP) is 4.99. The van der Waals surface area contributed by atoms with Crippen molar-refractivity contribution >= 4 is 33.2 Å². The standard InChI is InChI=1S/C26H24N2O3S/c1-18-8-10-19(11-9-18)17-21-20-5-2-3-7-23(20)32-24(21)26(30)28-14-12-27(13-15-28)25(29)22-6-4-16-31-22/h2-11,16H,12-15,17H2,1H3. The zero-order chi connectivity index (χ0) is 22.1. The van der Waals surface area contributed by atoms with Gasteiger partial charge in [-0.05, 0) is 48.1 Å². The van der Waals surface area contributed by atoms with Crippen molar-refractivity contribution in [2.75, 3.05) is 26.2 Å². The van der Waals surface area contributed by atoms with Gasteiger partial charge in [-0.15, -0.1) is 11.3 Å². The van der Waals surface area contributed by atoms with Gasteiger partial charge in [-0.25, -0.2) is 0 Å². The molecule has 1 aliphatic rings. The van der Waals surface area contributed by atoms with Crippen LogP contribution in [0.3, 0.4) is 0 Å². The van der Waals surface area contributed by atoms with E-state index >= 15 is 0 Å². The molecule has 5 nitrogen and oxygen atoms in total. The van der Waals surface area contributed by atoms with Gasteiger partial charge in [0, 0.05) is 30.9 Å². The number of aryl methyl sites for hydroxylation is 1. The minimum atomic E-state index is -0.121. The number of nitrogens with zero attached hydrogens (tertiary/aromatic N) is 2. The number of carbonyl (C=O) groups excluding carboxylic acids is 2. The molecule has 6 heteroatoms. The molecule has 2 aromatic heterocycles. The third-order valence-corrected chi connectivity index (χ3v) is 7.18. The van der Waals surface area contributed by atoms with Crippen molar-refractivity contribution < 1.29 is 14.0 Å². The fraction of sp³-hybridized carbons (Fsp3) is 0.231. The van der Waals surface area contributed by atoms with E-state index in [9.17, 15) is 9.59 Å². The molecule has 3 heterocycles. The summed E-state index contributed by atoms with van der Waals surface area (Å²) in [6.45, 7) is 4.12. The van der Waals surface area contributed by atoms with Gasteiger partial charge in [0.25, 0.3) is 11.8 Å². The summed E-state index contributed by atoms with van der Waals surface area (Å²) in [5.74, 6) is 0.275. The molecule has 0 spiro atoms. The highest BCUT2D eigenvalue weighted by Gasteiger charge is 2.29. The number of hydrogen-bond acceptors (Lipinski definition) is 4. The highest BCUT2D eigenvalue weighted by molar-refractivity contribution is 7.21. The van der Waals surface area contributed by atoms with Gasteiger partial charge in [0.2, 0.25) is 0 Å². The average molecular weight is 445 g/mol. The maximum atomic E-state index is 13.6. The second-order valence-electron chi connectivity index (χ2n) is 8.13. The van der Waals surface area contributed by atoms with E-state index in [2.05, 4.69) is 43.3 Å². The highest BCUT2D eigenvalue weighted by atomic mass is 32.1. The average Bonchev–Trinajstić information content (AvgIpc) is 3.49. The third-order valence-electron chi connectivity index (χ3n) is 5.98. The Labute approximate surface area is 190 Å². The monoisotopic (exact) mass is 444 g/mol. The van der Waals surface area contributed by atoms with Crippen molar-refractivity contribution in [2.45, 2.75) is 13.3 Å². The molecule has 0 aliphatic carbocycles. The van der Waals surface area contributed by atoms with Gasteiger partial charge in [-0.1, -0.05) is 48.0 Å². The van der Waals surface area contributed by atoms with E-state index in [-0.39, 0.29) is 11.8 Å². The van der Waals surface area contributed by atoms with Crippen molar-refractivity contribution in [2.24, 2.45) is 0 Å². The minimum absolute atomic E-state index is 0.0541. The predicted molar refractivity (Wildman–Crippen MR) is 126 cm³/mol. The van der Waals surface area contributed by atoms with Crippen molar-refractivity contribution in [1.29, 1.82) is 0 Å². The number of benzene rings is 2. The molecule has 1 aliphatic heterocycles. The first-order valence-corrected chi connectivity index (χ1v) is 11.6. The van der Waals surface area contributed by atoms with Gasteiger partial charge in [0.05, 0.1) is 11.1 Å². The molecule has 0 saturated carbocycles. The molecule has 2 amide bonds. The van der Waals surface area contributed by atoms with Crippen LogP contribution in [0.1, 0.15) is 36.9 Å². The van der Waals surface area contributed by atoms with Gasteiger partial charge >= 0.3 is 0 Å². The van der Waals surface area contributed by atoms with Crippen LogP contribution in [0, 0.1) is 6.92 Å². The first-order chi connectivity index (χ1) is 15.6. The Morgan fingerprint density at radius 3 is 2.25 bits per heavy atom. The van der Waals surface area contributed by atoms with Crippen LogP contribution in [0.5, 0.6) is 0 Å². The van der Waals surface area contributed by atoms with Crippen LogP contribution in [0.25, 0.3) is 10.1 Å². The number of thiophene rings is 1. The van der Waals surface area contributed by atoms with Gasteiger partial charge in [-0.2, -0.15) is 0 Å². The number of furan rings is 1. The van der Waals surface area contributed by atoms with Crippen molar-refractivity contribution in [3.63, 3.8) is 0 Å². The van der Waals surface area contributed by atoms with Crippen LogP contribution in [0.15, 0.2) is 71.3 Å². The summed E-state index contributed by atoms with van der Waals surface area (Å²) in [6.07, 6.45) is 2.23. The van der Waals surface area contributed by atoms with Crippen molar-refractivity contribution in [3.05, 3.63) is 94.3 Å². The van der Waals surface area contributed by atoms with Crippen LogP contribution in [-0.4, -0.2) is 47.8 Å². The summed E-state index contributed by atoms with van der Waals surface area (Å²) in [7, 11) is 0. The second kappa shape index (κ2) is 8.63. The molecule has 2 aromatic carbocycles. The molecule has 0 radical (unpaired) electrons. The van der Waals surface area contributed by atoms with Gasteiger partial charge in [-0.3, -0.25) is 9.59 Å². The van der Waals surface area contributed by atoms with Crippen LogP contribution in [0.2, 0.25) is 0 Å². The summed E-state index contributed by atoms with van der Waals surface area (Å²) in [5.41, 5.74) is 3.51. The SMILES string of the molecule is Cc1ccc(Cc2c(C(=O)N3CCN(C(=O)c4ccco4)CC3)sc3ccccc23)cc1. The zero-order valence-electron chi connectivity index (χ0n) is 17.9. The largest absolute Gasteiger partial charge is 0.459 e.